The van der Waals surface area contributed by atoms with Gasteiger partial charge in [0.1, 0.15) is 5.82 Å². The number of carbonyl (C=O) groups excluding carboxylic acids is 2. The van der Waals surface area contributed by atoms with Crippen LogP contribution in [0.5, 0.6) is 0 Å². The fourth-order valence-corrected chi connectivity index (χ4v) is 2.35. The molecule has 1 aliphatic carbocycles. The highest BCUT2D eigenvalue weighted by atomic mass is 19.1. The monoisotopic (exact) mass is 293 g/mol. The molecule has 1 aromatic carbocycles. The molecule has 0 atom stereocenters. The summed E-state index contributed by atoms with van der Waals surface area (Å²) in [5.74, 6) is -0.786. The number of urea groups is 1. The highest BCUT2D eigenvalue weighted by Crippen LogP contribution is 2.17. The molecule has 114 valence electrons. The van der Waals surface area contributed by atoms with Crippen molar-refractivity contribution in [3.63, 3.8) is 0 Å². The Labute approximate surface area is 123 Å². The van der Waals surface area contributed by atoms with Crippen LogP contribution in [0.2, 0.25) is 0 Å². The van der Waals surface area contributed by atoms with Crippen LogP contribution in [0, 0.1) is 12.7 Å². The Kier molecular flexibility index (Phi) is 5.14. The van der Waals surface area contributed by atoms with Gasteiger partial charge in [0, 0.05) is 11.7 Å². The number of imide groups is 1. The first-order valence-electron chi connectivity index (χ1n) is 7.15. The van der Waals surface area contributed by atoms with E-state index in [4.69, 9.17) is 0 Å². The van der Waals surface area contributed by atoms with Crippen molar-refractivity contribution in [3.8, 4) is 0 Å². The molecule has 1 aliphatic rings. The first-order chi connectivity index (χ1) is 10.0. The normalized spacial score (nSPS) is 14.8. The molecule has 0 unspecified atom stereocenters. The maximum absolute atomic E-state index is 13.3. The lowest BCUT2D eigenvalue weighted by Crippen LogP contribution is -2.45. The van der Waals surface area contributed by atoms with Crippen molar-refractivity contribution in [1.82, 2.24) is 10.6 Å². The number of amides is 3. The molecule has 0 bridgehead atoms. The highest BCUT2D eigenvalue weighted by molar-refractivity contribution is 5.96. The number of halogens is 1. The molecule has 6 heteroatoms. The van der Waals surface area contributed by atoms with Crippen LogP contribution in [0.4, 0.5) is 14.9 Å². The average Bonchev–Trinajstić information content (AvgIpc) is 2.92. The van der Waals surface area contributed by atoms with Crippen LogP contribution >= 0.6 is 0 Å². The zero-order valence-corrected chi connectivity index (χ0v) is 12.0. The lowest BCUT2D eigenvalue weighted by atomic mass is 10.2. The van der Waals surface area contributed by atoms with Crippen molar-refractivity contribution in [1.29, 1.82) is 0 Å². The van der Waals surface area contributed by atoms with E-state index in [1.807, 2.05) is 0 Å². The molecule has 1 saturated carbocycles. The molecule has 0 aromatic heterocycles. The van der Waals surface area contributed by atoms with E-state index in [0.717, 1.165) is 25.7 Å². The van der Waals surface area contributed by atoms with Gasteiger partial charge in [-0.05, 0) is 37.5 Å². The quantitative estimate of drug-likeness (QED) is 0.798. The minimum Gasteiger partial charge on any atom is -0.376 e. The standard InChI is InChI=1S/C15H20FN3O2/c1-10-6-7-12(8-13(10)16)17-9-14(20)19-15(21)18-11-4-2-3-5-11/h6-8,11,17H,2-5,9H2,1H3,(H2,18,19,20,21). The third kappa shape index (κ3) is 4.73. The molecule has 0 radical (unpaired) electrons. The van der Waals surface area contributed by atoms with Gasteiger partial charge in [-0.1, -0.05) is 18.9 Å². The molecule has 5 nitrogen and oxygen atoms in total. The number of hydrogen-bond acceptors (Lipinski definition) is 3. The summed E-state index contributed by atoms with van der Waals surface area (Å²) in [6.45, 7) is 1.58. The lowest BCUT2D eigenvalue weighted by molar-refractivity contribution is -0.118. The Morgan fingerprint density at radius 3 is 2.67 bits per heavy atom. The second-order valence-electron chi connectivity index (χ2n) is 5.32. The maximum atomic E-state index is 13.3. The molecule has 0 spiro atoms. The van der Waals surface area contributed by atoms with Crippen molar-refractivity contribution in [3.05, 3.63) is 29.6 Å². The van der Waals surface area contributed by atoms with Crippen molar-refractivity contribution in [2.24, 2.45) is 0 Å². The van der Waals surface area contributed by atoms with Gasteiger partial charge in [-0.15, -0.1) is 0 Å². The van der Waals surface area contributed by atoms with Gasteiger partial charge in [0.2, 0.25) is 5.91 Å². The Balaban J connectivity index is 1.73. The van der Waals surface area contributed by atoms with Gasteiger partial charge in [-0.3, -0.25) is 10.1 Å². The highest BCUT2D eigenvalue weighted by Gasteiger charge is 2.17. The molecule has 3 N–H and O–H groups in total. The van der Waals surface area contributed by atoms with E-state index in [1.54, 1.807) is 19.1 Å². The zero-order valence-electron chi connectivity index (χ0n) is 12.0. The molecule has 0 heterocycles. The molecular weight excluding hydrogens is 273 g/mol. The Morgan fingerprint density at radius 1 is 1.29 bits per heavy atom. The molecule has 0 saturated heterocycles. The van der Waals surface area contributed by atoms with Crippen molar-refractivity contribution in [2.75, 3.05) is 11.9 Å². The third-order valence-electron chi connectivity index (χ3n) is 3.57. The SMILES string of the molecule is Cc1ccc(NCC(=O)NC(=O)NC2CCCC2)cc1F. The van der Waals surface area contributed by atoms with Crippen molar-refractivity contribution >= 4 is 17.6 Å². The second kappa shape index (κ2) is 7.06. The molecule has 3 amide bonds. The third-order valence-corrected chi connectivity index (χ3v) is 3.57. The maximum Gasteiger partial charge on any atom is 0.321 e. The fraction of sp³-hybridized carbons (Fsp3) is 0.467. The number of aryl methyl sites for hydroxylation is 1. The van der Waals surface area contributed by atoms with E-state index >= 15 is 0 Å². The van der Waals surface area contributed by atoms with E-state index in [1.165, 1.54) is 6.07 Å². The van der Waals surface area contributed by atoms with Crippen LogP contribution in [0.1, 0.15) is 31.2 Å². The Hall–Kier alpha value is -2.11. The van der Waals surface area contributed by atoms with Crippen LogP contribution in [0.15, 0.2) is 18.2 Å². The lowest BCUT2D eigenvalue weighted by Gasteiger charge is -2.12. The summed E-state index contributed by atoms with van der Waals surface area (Å²) >= 11 is 0. The van der Waals surface area contributed by atoms with E-state index in [0.29, 0.717) is 11.3 Å². The Bertz CT molecular complexity index is 528. The molecule has 1 fully saturated rings. The van der Waals surface area contributed by atoms with Crippen molar-refractivity contribution in [2.45, 2.75) is 38.6 Å². The summed E-state index contributed by atoms with van der Waals surface area (Å²) in [6, 6.07) is 4.33. The van der Waals surface area contributed by atoms with Gasteiger partial charge in [0.15, 0.2) is 0 Å². The summed E-state index contributed by atoms with van der Waals surface area (Å²) in [5.41, 5.74) is 1.05. The van der Waals surface area contributed by atoms with Crippen molar-refractivity contribution < 1.29 is 14.0 Å². The summed E-state index contributed by atoms with van der Waals surface area (Å²) in [7, 11) is 0. The first-order valence-corrected chi connectivity index (χ1v) is 7.15. The number of nitrogens with one attached hydrogen (secondary N) is 3. The smallest absolute Gasteiger partial charge is 0.321 e. The second-order valence-corrected chi connectivity index (χ2v) is 5.32. The minimum absolute atomic E-state index is 0.0828. The van der Waals surface area contributed by atoms with Gasteiger partial charge in [-0.2, -0.15) is 0 Å². The van der Waals surface area contributed by atoms with Crippen LogP contribution in [-0.4, -0.2) is 24.5 Å². The predicted octanol–water partition coefficient (Wildman–Crippen LogP) is 2.31. The molecule has 2 rings (SSSR count). The summed E-state index contributed by atoms with van der Waals surface area (Å²) in [5, 5.41) is 7.80. The first kappa shape index (κ1) is 15.3. The number of anilines is 1. The summed E-state index contributed by atoms with van der Waals surface area (Å²) in [6.07, 6.45) is 4.14. The van der Waals surface area contributed by atoms with E-state index in [9.17, 15) is 14.0 Å². The Morgan fingerprint density at radius 2 is 2.00 bits per heavy atom. The zero-order chi connectivity index (χ0) is 15.2. The average molecular weight is 293 g/mol. The van der Waals surface area contributed by atoms with Crippen LogP contribution in [0.25, 0.3) is 0 Å². The fourth-order valence-electron chi connectivity index (χ4n) is 2.35. The van der Waals surface area contributed by atoms with E-state index in [-0.39, 0.29) is 18.4 Å². The van der Waals surface area contributed by atoms with Gasteiger partial charge >= 0.3 is 6.03 Å². The van der Waals surface area contributed by atoms with Crippen LogP contribution < -0.4 is 16.0 Å². The number of carbonyl (C=O) groups is 2. The van der Waals surface area contributed by atoms with Gasteiger partial charge in [0.05, 0.1) is 6.54 Å². The number of benzene rings is 1. The summed E-state index contributed by atoms with van der Waals surface area (Å²) in [4.78, 5) is 23.2. The van der Waals surface area contributed by atoms with E-state index in [2.05, 4.69) is 16.0 Å². The summed E-state index contributed by atoms with van der Waals surface area (Å²) < 4.78 is 13.3. The van der Waals surface area contributed by atoms with E-state index < -0.39 is 11.9 Å². The molecule has 0 aliphatic heterocycles. The van der Waals surface area contributed by atoms with Gasteiger partial charge in [-0.25, -0.2) is 9.18 Å². The predicted molar refractivity (Wildman–Crippen MR) is 78.6 cm³/mol. The van der Waals surface area contributed by atoms with Gasteiger partial charge in [0.25, 0.3) is 0 Å². The van der Waals surface area contributed by atoms with Crippen LogP contribution in [-0.2, 0) is 4.79 Å². The number of hydrogen-bond donors (Lipinski definition) is 3. The number of rotatable bonds is 4. The minimum atomic E-state index is -0.469. The van der Waals surface area contributed by atoms with Gasteiger partial charge < -0.3 is 10.6 Å². The molecule has 1 aromatic rings. The van der Waals surface area contributed by atoms with Crippen LogP contribution in [0.3, 0.4) is 0 Å². The largest absolute Gasteiger partial charge is 0.376 e. The molecule has 21 heavy (non-hydrogen) atoms. The topological polar surface area (TPSA) is 70.2 Å². The molecular formula is C15H20FN3O2.